The van der Waals surface area contributed by atoms with Crippen molar-refractivity contribution in [3.8, 4) is 11.5 Å². The monoisotopic (exact) mass is 383 g/mol. The van der Waals surface area contributed by atoms with E-state index in [0.717, 1.165) is 55.8 Å². The molecule has 0 aromatic heterocycles. The lowest BCUT2D eigenvalue weighted by molar-refractivity contribution is -0.200. The van der Waals surface area contributed by atoms with E-state index in [1.165, 1.54) is 12.8 Å². The van der Waals surface area contributed by atoms with Gasteiger partial charge in [0.2, 0.25) is 5.91 Å². The number of carbonyl (C=O) groups excluding carboxylic acids is 1. The fourth-order valence-electron chi connectivity index (χ4n) is 7.37. The standard InChI is InChI=1S/C23H29NO4/c1-27-18-4-2-3-17-19(18)28-20-15-7-8-22(16(11-15)13-25)21(26)24(12-14-5-6-14)10-9-23(17,20)22/h2-4,14-16,20,25H,5-13H2,1H3. The summed E-state index contributed by atoms with van der Waals surface area (Å²) in [6.07, 6.45) is 6.24. The molecule has 7 rings (SSSR count). The number of aliphatic hydroxyl groups excluding tert-OH is 1. The molecular weight excluding hydrogens is 354 g/mol. The van der Waals surface area contributed by atoms with Crippen molar-refractivity contribution in [2.75, 3.05) is 26.8 Å². The van der Waals surface area contributed by atoms with Crippen LogP contribution in [0.15, 0.2) is 18.2 Å². The topological polar surface area (TPSA) is 59.0 Å². The van der Waals surface area contributed by atoms with Crippen LogP contribution < -0.4 is 9.47 Å². The molecule has 1 amide bonds. The van der Waals surface area contributed by atoms with Gasteiger partial charge in [-0.25, -0.2) is 0 Å². The Morgan fingerprint density at radius 3 is 2.86 bits per heavy atom. The molecule has 5 unspecified atom stereocenters. The minimum Gasteiger partial charge on any atom is -0.493 e. The van der Waals surface area contributed by atoms with Crippen molar-refractivity contribution in [1.29, 1.82) is 0 Å². The second-order valence-corrected chi connectivity index (χ2v) is 9.68. The minimum absolute atomic E-state index is 0.0257. The lowest BCUT2D eigenvalue weighted by atomic mass is 9.39. The summed E-state index contributed by atoms with van der Waals surface area (Å²) in [7, 11) is 1.68. The second-order valence-electron chi connectivity index (χ2n) is 9.68. The van der Waals surface area contributed by atoms with Crippen molar-refractivity contribution in [3.05, 3.63) is 23.8 Å². The third-order valence-electron chi connectivity index (χ3n) is 8.67. The molecule has 2 aliphatic heterocycles. The van der Waals surface area contributed by atoms with Gasteiger partial charge in [-0.1, -0.05) is 12.1 Å². The number of para-hydroxylation sites is 1. The zero-order chi connectivity index (χ0) is 19.1. The van der Waals surface area contributed by atoms with Crippen LogP contribution in [0.1, 0.15) is 44.1 Å². The smallest absolute Gasteiger partial charge is 0.230 e. The van der Waals surface area contributed by atoms with Crippen molar-refractivity contribution in [1.82, 2.24) is 4.90 Å². The van der Waals surface area contributed by atoms with Gasteiger partial charge < -0.3 is 19.5 Å². The van der Waals surface area contributed by atoms with Gasteiger partial charge in [-0.15, -0.1) is 0 Å². The quantitative estimate of drug-likeness (QED) is 0.869. The van der Waals surface area contributed by atoms with Gasteiger partial charge in [0, 0.05) is 25.3 Å². The first kappa shape index (κ1) is 17.1. The van der Waals surface area contributed by atoms with Gasteiger partial charge in [0.05, 0.1) is 17.9 Å². The van der Waals surface area contributed by atoms with E-state index in [2.05, 4.69) is 11.0 Å². The number of likely N-dealkylation sites (tertiary alicyclic amines) is 1. The molecule has 28 heavy (non-hydrogen) atoms. The van der Waals surface area contributed by atoms with Crippen LogP contribution in [0.5, 0.6) is 11.5 Å². The fourth-order valence-corrected chi connectivity index (χ4v) is 7.37. The molecule has 5 nitrogen and oxygen atoms in total. The van der Waals surface area contributed by atoms with Gasteiger partial charge in [-0.05, 0) is 62.3 Å². The summed E-state index contributed by atoms with van der Waals surface area (Å²) in [6, 6.07) is 6.14. The molecule has 6 aliphatic rings. The molecule has 150 valence electrons. The Kier molecular flexibility index (Phi) is 3.46. The normalized spacial score (nSPS) is 40.6. The molecule has 1 aromatic rings. The Hall–Kier alpha value is -1.75. The van der Waals surface area contributed by atoms with E-state index in [-0.39, 0.29) is 30.0 Å². The highest BCUT2D eigenvalue weighted by atomic mass is 16.5. The minimum atomic E-state index is -0.536. The van der Waals surface area contributed by atoms with Crippen molar-refractivity contribution < 1.29 is 19.4 Å². The van der Waals surface area contributed by atoms with Gasteiger partial charge in [-0.2, -0.15) is 0 Å². The molecule has 1 saturated heterocycles. The maximum Gasteiger partial charge on any atom is 0.230 e. The first-order chi connectivity index (χ1) is 13.7. The predicted molar refractivity (Wildman–Crippen MR) is 103 cm³/mol. The van der Waals surface area contributed by atoms with Crippen LogP contribution in [0.3, 0.4) is 0 Å². The Morgan fingerprint density at radius 1 is 1.25 bits per heavy atom. The van der Waals surface area contributed by atoms with Crippen molar-refractivity contribution in [2.24, 2.45) is 23.2 Å². The number of ether oxygens (including phenoxy) is 2. The molecule has 1 N–H and O–H groups in total. The van der Waals surface area contributed by atoms with E-state index in [9.17, 15) is 9.90 Å². The maximum atomic E-state index is 14.1. The molecule has 2 heterocycles. The number of methoxy groups -OCH3 is 1. The number of aliphatic hydroxyl groups is 1. The van der Waals surface area contributed by atoms with E-state index >= 15 is 0 Å². The Labute approximate surface area is 166 Å². The lowest BCUT2D eigenvalue weighted by Gasteiger charge is -2.66. The van der Waals surface area contributed by atoms with Crippen molar-refractivity contribution >= 4 is 5.91 Å². The number of rotatable bonds is 4. The summed E-state index contributed by atoms with van der Waals surface area (Å²) in [6.45, 7) is 1.79. The Balaban J connectivity index is 1.54. The molecule has 5 atom stereocenters. The highest BCUT2D eigenvalue weighted by molar-refractivity contribution is 5.88. The van der Waals surface area contributed by atoms with Gasteiger partial charge in [0.25, 0.3) is 0 Å². The highest BCUT2D eigenvalue weighted by Gasteiger charge is 2.76. The first-order valence-corrected chi connectivity index (χ1v) is 10.9. The first-order valence-electron chi connectivity index (χ1n) is 10.9. The number of carbonyl (C=O) groups is 1. The number of piperidine rings is 1. The number of nitrogens with zero attached hydrogens (tertiary/aromatic N) is 1. The van der Waals surface area contributed by atoms with Crippen LogP contribution in [-0.4, -0.2) is 48.8 Å². The van der Waals surface area contributed by atoms with Gasteiger partial charge in [0.1, 0.15) is 6.10 Å². The molecule has 0 radical (unpaired) electrons. The zero-order valence-corrected chi connectivity index (χ0v) is 16.5. The van der Waals surface area contributed by atoms with Gasteiger partial charge in [-0.3, -0.25) is 4.79 Å². The largest absolute Gasteiger partial charge is 0.493 e. The molecule has 4 saturated carbocycles. The summed E-state index contributed by atoms with van der Waals surface area (Å²) < 4.78 is 12.2. The predicted octanol–water partition coefficient (Wildman–Crippen LogP) is 2.74. The number of benzene rings is 1. The molecular formula is C23H29NO4. The highest BCUT2D eigenvalue weighted by Crippen LogP contribution is 2.72. The van der Waals surface area contributed by atoms with Crippen molar-refractivity contribution in [3.63, 3.8) is 0 Å². The molecule has 5 fully saturated rings. The van der Waals surface area contributed by atoms with Crippen LogP contribution in [-0.2, 0) is 10.2 Å². The summed E-state index contributed by atoms with van der Waals surface area (Å²) in [5, 5.41) is 10.4. The van der Waals surface area contributed by atoms with E-state index in [4.69, 9.17) is 9.47 Å². The Morgan fingerprint density at radius 2 is 2.11 bits per heavy atom. The third-order valence-corrected chi connectivity index (χ3v) is 8.67. The zero-order valence-electron chi connectivity index (χ0n) is 16.5. The number of hydrogen-bond donors (Lipinski definition) is 1. The molecule has 2 spiro atoms. The van der Waals surface area contributed by atoms with Crippen LogP contribution >= 0.6 is 0 Å². The molecule has 4 aliphatic carbocycles. The summed E-state index contributed by atoms with van der Waals surface area (Å²) in [5.41, 5.74) is 0.299. The number of hydrogen-bond acceptors (Lipinski definition) is 4. The SMILES string of the molecule is COc1cccc2c1OC1C3CCC4(C(=O)N(CC5CC5)CCC214)C(CO)C3. The van der Waals surface area contributed by atoms with Gasteiger partial charge in [0.15, 0.2) is 11.5 Å². The summed E-state index contributed by atoms with van der Waals surface area (Å²) in [5.74, 6) is 3.01. The van der Waals surface area contributed by atoms with Crippen LogP contribution in [0.25, 0.3) is 0 Å². The van der Waals surface area contributed by atoms with Crippen LogP contribution in [0.4, 0.5) is 0 Å². The van der Waals surface area contributed by atoms with E-state index in [1.807, 2.05) is 12.1 Å². The van der Waals surface area contributed by atoms with Crippen molar-refractivity contribution in [2.45, 2.75) is 50.0 Å². The van der Waals surface area contributed by atoms with E-state index < -0.39 is 5.41 Å². The van der Waals surface area contributed by atoms with Crippen LogP contribution in [0, 0.1) is 23.2 Å². The lowest BCUT2D eigenvalue weighted by Crippen LogP contribution is -2.74. The second kappa shape index (κ2) is 5.65. The van der Waals surface area contributed by atoms with E-state index in [1.54, 1.807) is 7.11 Å². The summed E-state index contributed by atoms with van der Waals surface area (Å²) in [4.78, 5) is 16.2. The van der Waals surface area contributed by atoms with Crippen LogP contribution in [0.2, 0.25) is 0 Å². The maximum absolute atomic E-state index is 14.1. The molecule has 2 bridgehead atoms. The fraction of sp³-hybridized carbons (Fsp3) is 0.696. The molecule has 1 aromatic carbocycles. The van der Waals surface area contributed by atoms with E-state index in [0.29, 0.717) is 11.8 Å². The Bertz CT molecular complexity index is 836. The molecule has 5 heteroatoms. The average molecular weight is 383 g/mol. The average Bonchev–Trinajstić information content (AvgIpc) is 3.48. The number of fused-ring (bicyclic) bond motifs is 3. The third kappa shape index (κ3) is 1.85. The summed E-state index contributed by atoms with van der Waals surface area (Å²) >= 11 is 0. The van der Waals surface area contributed by atoms with Gasteiger partial charge >= 0.3 is 0 Å². The number of amides is 1.